The first-order valence-electron chi connectivity index (χ1n) is 19.1. The number of hydrogen-bond donors (Lipinski definition) is 5. The number of aryl methyl sites for hydroxylation is 1. The number of aromatic hydroxyl groups is 1. The van der Waals surface area contributed by atoms with Crippen LogP contribution in [0.4, 0.5) is 4.79 Å². The number of aliphatic hydroxyl groups excluding tert-OH is 1. The molecule has 3 aromatic carbocycles. The molecule has 3 saturated heterocycles. The fourth-order valence-electron chi connectivity index (χ4n) is 7.51. The summed E-state index contributed by atoms with van der Waals surface area (Å²) < 4.78 is 19.2. The second-order valence-electron chi connectivity index (χ2n) is 14.4. The maximum atomic E-state index is 13.2. The van der Waals surface area contributed by atoms with Crippen LogP contribution in [0.3, 0.4) is 0 Å². The largest absolute Gasteiger partial charge is 0.506 e. The Labute approximate surface area is 324 Å². The van der Waals surface area contributed by atoms with Crippen LogP contribution in [0.2, 0.25) is 0 Å². The maximum Gasteiger partial charge on any atom is 0.408 e. The molecule has 3 aliphatic heterocycles. The Morgan fingerprint density at radius 2 is 1.79 bits per heavy atom. The zero-order valence-electron chi connectivity index (χ0n) is 31.4. The van der Waals surface area contributed by atoms with Gasteiger partial charge < -0.3 is 40.0 Å². The van der Waals surface area contributed by atoms with Crippen molar-refractivity contribution >= 4 is 23.0 Å². The molecule has 1 amide bonds. The fourth-order valence-corrected chi connectivity index (χ4v) is 7.51. The summed E-state index contributed by atoms with van der Waals surface area (Å²) in [5.41, 5.74) is 3.15. The molecule has 3 atom stereocenters. The highest BCUT2D eigenvalue weighted by Crippen LogP contribution is 2.31. The fraction of sp³-hybridized carbons (Fsp3) is 0.381. The minimum absolute atomic E-state index is 0.0603. The summed E-state index contributed by atoms with van der Waals surface area (Å²) in [5.74, 6) is 0.409. The number of esters is 1. The van der Waals surface area contributed by atoms with Crippen LogP contribution in [0, 0.1) is 5.92 Å². The number of pyridine rings is 1. The summed E-state index contributed by atoms with van der Waals surface area (Å²) in [4.78, 5) is 42.7. The molecular weight excluding hydrogens is 716 g/mol. The van der Waals surface area contributed by atoms with E-state index in [-0.39, 0.29) is 48.4 Å². The molecule has 294 valence electrons. The third-order valence-corrected chi connectivity index (χ3v) is 10.6. The average Bonchev–Trinajstić information content (AvgIpc) is 3.60. The van der Waals surface area contributed by atoms with Gasteiger partial charge in [0, 0.05) is 31.6 Å². The van der Waals surface area contributed by atoms with Gasteiger partial charge in [0.25, 0.3) is 0 Å². The van der Waals surface area contributed by atoms with Crippen molar-refractivity contribution in [3.63, 3.8) is 0 Å². The van der Waals surface area contributed by atoms with Crippen LogP contribution < -0.4 is 20.9 Å². The van der Waals surface area contributed by atoms with Crippen molar-refractivity contribution in [1.29, 1.82) is 0 Å². The number of unbranched alkanes of at least 4 members (excludes halogenated alkanes) is 1. The number of benzene rings is 3. The SMILES string of the molecule is Cn1nc(C(=O)OCCCCNC[C@H](O)c2ccc(O)c3[nH]c(=O)ccc23)cc1COc1cccc([C@@H](NC(=O)O[C@H]2CN3CCC2CC3)c2ccccc2)c1. The van der Waals surface area contributed by atoms with Gasteiger partial charge in [-0.25, -0.2) is 9.59 Å². The monoisotopic (exact) mass is 764 g/mol. The van der Waals surface area contributed by atoms with Gasteiger partial charge in [0.1, 0.15) is 24.2 Å². The van der Waals surface area contributed by atoms with E-state index >= 15 is 0 Å². The Hall–Kier alpha value is -5.70. The van der Waals surface area contributed by atoms with Crippen LogP contribution in [-0.2, 0) is 23.1 Å². The van der Waals surface area contributed by atoms with E-state index in [1.807, 2.05) is 54.6 Å². The van der Waals surface area contributed by atoms with Crippen LogP contribution >= 0.6 is 0 Å². The van der Waals surface area contributed by atoms with Crippen molar-refractivity contribution < 1.29 is 34.0 Å². The second-order valence-corrected chi connectivity index (χ2v) is 14.4. The van der Waals surface area contributed by atoms with E-state index in [2.05, 4.69) is 25.6 Å². The lowest BCUT2D eigenvalue weighted by Gasteiger charge is -2.43. The van der Waals surface area contributed by atoms with Crippen LogP contribution in [0.25, 0.3) is 10.9 Å². The summed E-state index contributed by atoms with van der Waals surface area (Å²) in [5, 5.41) is 32.0. The lowest BCUT2D eigenvalue weighted by atomic mass is 9.86. The van der Waals surface area contributed by atoms with Crippen LogP contribution in [0.15, 0.2) is 89.7 Å². The number of nitrogens with one attached hydrogen (secondary N) is 3. The quantitative estimate of drug-likeness (QED) is 0.0694. The number of rotatable bonds is 16. The van der Waals surface area contributed by atoms with Crippen molar-refractivity contribution in [2.45, 2.75) is 50.5 Å². The number of aromatic nitrogens is 3. The highest BCUT2D eigenvalue weighted by Gasteiger charge is 2.37. The van der Waals surface area contributed by atoms with E-state index in [0.717, 1.165) is 43.6 Å². The van der Waals surface area contributed by atoms with E-state index in [9.17, 15) is 24.6 Å². The molecule has 0 saturated carbocycles. The predicted molar refractivity (Wildman–Crippen MR) is 208 cm³/mol. The molecule has 8 rings (SSSR count). The number of phenolic OH excluding ortho intramolecular Hbond substituents is 1. The molecule has 2 aromatic heterocycles. The Morgan fingerprint density at radius 1 is 0.982 bits per heavy atom. The number of nitrogens with zero attached hydrogens (tertiary/aromatic N) is 3. The molecule has 3 fully saturated rings. The van der Waals surface area contributed by atoms with Gasteiger partial charge in [-0.1, -0.05) is 48.5 Å². The third-order valence-electron chi connectivity index (χ3n) is 10.6. The number of ether oxygens (including phenoxy) is 3. The summed E-state index contributed by atoms with van der Waals surface area (Å²) in [6.07, 6.45) is 2.02. The molecule has 14 nitrogen and oxygen atoms in total. The maximum absolute atomic E-state index is 13.2. The average molecular weight is 765 g/mol. The molecule has 0 aliphatic carbocycles. The van der Waals surface area contributed by atoms with E-state index < -0.39 is 24.2 Å². The molecule has 5 aromatic rings. The zero-order valence-corrected chi connectivity index (χ0v) is 31.4. The third kappa shape index (κ3) is 9.39. The number of fused-ring (bicyclic) bond motifs is 4. The molecule has 3 aliphatic rings. The zero-order chi connectivity index (χ0) is 39.0. The van der Waals surface area contributed by atoms with Gasteiger partial charge in [-0.3, -0.25) is 14.4 Å². The van der Waals surface area contributed by atoms with Gasteiger partial charge >= 0.3 is 12.1 Å². The molecule has 2 bridgehead atoms. The first-order valence-corrected chi connectivity index (χ1v) is 19.1. The molecule has 14 heteroatoms. The minimum Gasteiger partial charge on any atom is -0.506 e. The summed E-state index contributed by atoms with van der Waals surface area (Å²) in [7, 11) is 1.74. The normalized spacial score (nSPS) is 18.6. The van der Waals surface area contributed by atoms with Crippen LogP contribution in [0.5, 0.6) is 11.5 Å². The van der Waals surface area contributed by atoms with Gasteiger partial charge in [0.2, 0.25) is 5.56 Å². The van der Waals surface area contributed by atoms with E-state index in [0.29, 0.717) is 47.7 Å². The molecule has 5 heterocycles. The number of aromatic amines is 1. The number of piperidine rings is 3. The Bertz CT molecular complexity index is 2180. The first kappa shape index (κ1) is 38.6. The van der Waals surface area contributed by atoms with Crippen molar-refractivity contribution in [3.05, 3.63) is 123 Å². The molecule has 0 unspecified atom stereocenters. The smallest absolute Gasteiger partial charge is 0.408 e. The van der Waals surface area contributed by atoms with Gasteiger partial charge in [-0.15, -0.1) is 0 Å². The second kappa shape index (κ2) is 17.8. The van der Waals surface area contributed by atoms with Crippen molar-refractivity contribution in [2.75, 3.05) is 39.3 Å². The van der Waals surface area contributed by atoms with Gasteiger partial charge in [-0.2, -0.15) is 5.10 Å². The molecule has 0 spiro atoms. The van der Waals surface area contributed by atoms with Crippen molar-refractivity contribution in [2.24, 2.45) is 13.0 Å². The van der Waals surface area contributed by atoms with E-state index in [1.54, 1.807) is 29.9 Å². The Morgan fingerprint density at radius 3 is 2.57 bits per heavy atom. The highest BCUT2D eigenvalue weighted by atomic mass is 16.6. The first-order chi connectivity index (χ1) is 27.2. The number of carbonyl (C=O) groups is 2. The van der Waals surface area contributed by atoms with Gasteiger partial charge in [0.15, 0.2) is 5.69 Å². The lowest BCUT2D eigenvalue weighted by molar-refractivity contribution is -0.0336. The summed E-state index contributed by atoms with van der Waals surface area (Å²) >= 11 is 0. The predicted octanol–water partition coefficient (Wildman–Crippen LogP) is 4.72. The van der Waals surface area contributed by atoms with Gasteiger partial charge in [0.05, 0.1) is 30.0 Å². The van der Waals surface area contributed by atoms with E-state index in [1.165, 1.54) is 12.1 Å². The number of alkyl carbamates (subject to hydrolysis) is 1. The van der Waals surface area contributed by atoms with Crippen LogP contribution in [-0.4, -0.2) is 87.4 Å². The molecule has 5 N–H and O–H groups in total. The molecule has 56 heavy (non-hydrogen) atoms. The highest BCUT2D eigenvalue weighted by molar-refractivity contribution is 5.88. The molecular formula is C42H48N6O8. The number of carbonyl (C=O) groups excluding carboxylic acids is 2. The Kier molecular flexibility index (Phi) is 12.3. The summed E-state index contributed by atoms with van der Waals surface area (Å²) in [6, 6.07) is 24.5. The van der Waals surface area contributed by atoms with Gasteiger partial charge in [-0.05, 0) is 98.3 Å². The molecule has 0 radical (unpaired) electrons. The summed E-state index contributed by atoms with van der Waals surface area (Å²) in [6.45, 7) is 4.13. The van der Waals surface area contributed by atoms with E-state index in [4.69, 9.17) is 14.2 Å². The number of amides is 1. The number of H-pyrrole nitrogens is 1. The number of phenols is 1. The van der Waals surface area contributed by atoms with Crippen molar-refractivity contribution in [1.82, 2.24) is 30.3 Å². The number of aliphatic hydroxyl groups is 1. The van der Waals surface area contributed by atoms with Crippen molar-refractivity contribution in [3.8, 4) is 11.5 Å². The number of hydrogen-bond acceptors (Lipinski definition) is 11. The Balaban J connectivity index is 0.867. The van der Waals surface area contributed by atoms with Crippen LogP contribution in [0.1, 0.15) is 70.7 Å². The standard InChI is InChI=1S/C42H48N6O8/c1-47-30(23-34(46-47)41(52)54-21-6-5-18-43-24-36(50)32-12-14-35(49)40-33(32)13-15-38(51)44-40)26-55-31-11-7-10-29(22-31)39(28-8-3-2-4-9-28)45-42(53)56-37-25-48-19-16-27(37)17-20-48/h2-4,7-15,22-23,27,36-37,39,43,49-50H,5-6,16-21,24-26H2,1H3,(H,44,51)(H,45,53)/t36-,37-,39-/m0/s1. The topological polar surface area (TPSA) is 180 Å². The minimum atomic E-state index is -0.855. The lowest BCUT2D eigenvalue weighted by Crippen LogP contribution is -2.52.